The van der Waals surface area contributed by atoms with Gasteiger partial charge in [-0.15, -0.1) is 11.3 Å². The molecule has 1 fully saturated rings. The van der Waals surface area contributed by atoms with Gasteiger partial charge >= 0.3 is 5.97 Å². The van der Waals surface area contributed by atoms with Gasteiger partial charge in [-0.05, 0) is 32.1 Å². The van der Waals surface area contributed by atoms with Gasteiger partial charge in [0.25, 0.3) is 0 Å². The van der Waals surface area contributed by atoms with E-state index in [4.69, 9.17) is 5.11 Å². The van der Waals surface area contributed by atoms with Crippen molar-refractivity contribution in [3.8, 4) is 10.6 Å². The molecular formula is C18H25N5O3S. The van der Waals surface area contributed by atoms with Gasteiger partial charge < -0.3 is 20.8 Å². The average Bonchev–Trinajstić information content (AvgIpc) is 3.14. The van der Waals surface area contributed by atoms with Crippen LogP contribution in [-0.2, 0) is 0 Å². The predicted octanol–water partition coefficient (Wildman–Crippen LogP) is 3.23. The van der Waals surface area contributed by atoms with Gasteiger partial charge in [-0.2, -0.15) is 4.98 Å². The molecule has 1 saturated carbocycles. The summed E-state index contributed by atoms with van der Waals surface area (Å²) in [6, 6.07) is 0.212. The van der Waals surface area contributed by atoms with E-state index < -0.39 is 5.97 Å². The summed E-state index contributed by atoms with van der Waals surface area (Å²) in [5.41, 5.74) is 0.694. The highest BCUT2D eigenvalue weighted by Crippen LogP contribution is 2.32. The van der Waals surface area contributed by atoms with Crippen LogP contribution in [0.5, 0.6) is 0 Å². The van der Waals surface area contributed by atoms with Crippen molar-refractivity contribution in [1.29, 1.82) is 0 Å². The molecule has 9 heteroatoms. The lowest BCUT2D eigenvalue weighted by Gasteiger charge is -2.27. The number of hydrogen-bond acceptors (Lipinski definition) is 8. The van der Waals surface area contributed by atoms with Crippen molar-refractivity contribution in [3.63, 3.8) is 0 Å². The number of hydrogen-bond donors (Lipinski definition) is 4. The van der Waals surface area contributed by atoms with E-state index in [-0.39, 0.29) is 17.0 Å². The third kappa shape index (κ3) is 5.14. The maximum Gasteiger partial charge on any atom is 0.347 e. The normalized spacial score (nSPS) is 19.6. The van der Waals surface area contributed by atoms with Crippen LogP contribution < -0.4 is 10.6 Å². The van der Waals surface area contributed by atoms with Crippen molar-refractivity contribution in [2.75, 3.05) is 17.2 Å². The minimum absolute atomic E-state index is 0.182. The Kier molecular flexibility index (Phi) is 6.57. The summed E-state index contributed by atoms with van der Waals surface area (Å²) in [4.78, 5) is 24.6. The number of unbranched alkanes of at least 4 members (excludes halogenated alkanes) is 1. The molecule has 2 aromatic rings. The number of carbonyl (C=O) groups is 1. The minimum atomic E-state index is -0.992. The van der Waals surface area contributed by atoms with Gasteiger partial charge in [0.15, 0.2) is 0 Å². The molecule has 27 heavy (non-hydrogen) atoms. The van der Waals surface area contributed by atoms with Crippen LogP contribution in [0, 0.1) is 0 Å². The Hall–Kier alpha value is -2.26. The van der Waals surface area contributed by atoms with E-state index in [2.05, 4.69) is 32.5 Å². The molecule has 0 atom stereocenters. The van der Waals surface area contributed by atoms with Gasteiger partial charge in [-0.25, -0.2) is 14.8 Å². The molecule has 8 nitrogen and oxygen atoms in total. The van der Waals surface area contributed by atoms with Crippen molar-refractivity contribution >= 4 is 29.1 Å². The standard InChI is InChI=1S/C18H25N5O3S/c1-2-3-8-19-18-21-9-13(16-20-10-14(27-16)17(25)26)15(23-18)22-11-4-6-12(24)7-5-11/h9-12,24H,2-8H2,1H3,(H,25,26)(H2,19,21,22,23)/t11-,12-. The molecule has 2 aromatic heterocycles. The molecule has 0 unspecified atom stereocenters. The van der Waals surface area contributed by atoms with Gasteiger partial charge in [0.1, 0.15) is 15.7 Å². The maximum atomic E-state index is 11.2. The number of aliphatic hydroxyl groups is 1. The molecule has 4 N–H and O–H groups in total. The van der Waals surface area contributed by atoms with Crippen LogP contribution >= 0.6 is 11.3 Å². The largest absolute Gasteiger partial charge is 0.477 e. The summed E-state index contributed by atoms with van der Waals surface area (Å²) in [5, 5.41) is 26.1. The molecule has 3 rings (SSSR count). The van der Waals surface area contributed by atoms with Crippen LogP contribution in [0.3, 0.4) is 0 Å². The highest BCUT2D eigenvalue weighted by molar-refractivity contribution is 7.16. The molecule has 0 spiro atoms. The summed E-state index contributed by atoms with van der Waals surface area (Å²) in [5.74, 6) is 0.200. The van der Waals surface area contributed by atoms with E-state index in [1.807, 2.05) is 0 Å². The second-order valence-electron chi connectivity index (χ2n) is 6.72. The minimum Gasteiger partial charge on any atom is -0.477 e. The predicted molar refractivity (Wildman–Crippen MR) is 105 cm³/mol. The van der Waals surface area contributed by atoms with E-state index in [0.717, 1.165) is 56.4 Å². The molecule has 0 saturated heterocycles. The topological polar surface area (TPSA) is 120 Å². The van der Waals surface area contributed by atoms with Gasteiger partial charge in [0.05, 0.1) is 17.9 Å². The number of carboxylic acids is 1. The second kappa shape index (κ2) is 9.09. The molecule has 1 aliphatic rings. The molecule has 0 aliphatic heterocycles. The number of aromatic nitrogens is 3. The Balaban J connectivity index is 1.84. The smallest absolute Gasteiger partial charge is 0.347 e. The van der Waals surface area contributed by atoms with Gasteiger partial charge in [-0.3, -0.25) is 0 Å². The third-order valence-corrected chi connectivity index (χ3v) is 5.61. The summed E-state index contributed by atoms with van der Waals surface area (Å²) in [6.07, 6.45) is 8.18. The van der Waals surface area contributed by atoms with Crippen molar-refractivity contribution in [2.45, 2.75) is 57.6 Å². The highest BCUT2D eigenvalue weighted by Gasteiger charge is 2.22. The molecular weight excluding hydrogens is 366 g/mol. The van der Waals surface area contributed by atoms with Crippen LogP contribution in [0.2, 0.25) is 0 Å². The zero-order chi connectivity index (χ0) is 19.2. The lowest BCUT2D eigenvalue weighted by atomic mass is 9.93. The number of nitrogens with zero attached hydrogens (tertiary/aromatic N) is 3. The van der Waals surface area contributed by atoms with Crippen LogP contribution in [0.1, 0.15) is 55.1 Å². The van der Waals surface area contributed by atoms with Crippen LogP contribution in [0.25, 0.3) is 10.6 Å². The fourth-order valence-corrected chi connectivity index (χ4v) is 3.79. The maximum absolute atomic E-state index is 11.2. The molecule has 1 aliphatic carbocycles. The fraction of sp³-hybridized carbons (Fsp3) is 0.556. The number of rotatable bonds is 8. The lowest BCUT2D eigenvalue weighted by Crippen LogP contribution is -2.29. The van der Waals surface area contributed by atoms with E-state index in [0.29, 0.717) is 22.3 Å². The third-order valence-electron chi connectivity index (χ3n) is 4.59. The first-order valence-electron chi connectivity index (χ1n) is 9.31. The first-order valence-corrected chi connectivity index (χ1v) is 10.1. The van der Waals surface area contributed by atoms with Crippen LogP contribution in [0.4, 0.5) is 11.8 Å². The van der Waals surface area contributed by atoms with Gasteiger partial charge in [-0.1, -0.05) is 13.3 Å². The quantitative estimate of drug-likeness (QED) is 0.506. The van der Waals surface area contributed by atoms with E-state index in [9.17, 15) is 9.90 Å². The highest BCUT2D eigenvalue weighted by atomic mass is 32.1. The number of carboxylic acid groups (broad SMARTS) is 1. The summed E-state index contributed by atoms with van der Waals surface area (Å²) in [6.45, 7) is 2.92. The molecule has 2 heterocycles. The van der Waals surface area contributed by atoms with Crippen LogP contribution in [0.15, 0.2) is 12.4 Å². The Morgan fingerprint density at radius 3 is 2.70 bits per heavy atom. The molecule has 0 amide bonds. The first-order chi connectivity index (χ1) is 13.1. The average molecular weight is 391 g/mol. The Bertz CT molecular complexity index is 774. The van der Waals surface area contributed by atoms with Gasteiger partial charge in [0.2, 0.25) is 5.95 Å². The number of thiazole rings is 1. The van der Waals surface area contributed by atoms with Crippen molar-refractivity contribution in [3.05, 3.63) is 17.3 Å². The Labute approximate surface area is 162 Å². The van der Waals surface area contributed by atoms with Gasteiger partial charge in [0, 0.05) is 18.8 Å². The zero-order valence-corrected chi connectivity index (χ0v) is 16.1. The molecule has 0 radical (unpaired) electrons. The van der Waals surface area contributed by atoms with Crippen molar-refractivity contribution in [2.24, 2.45) is 0 Å². The Morgan fingerprint density at radius 2 is 2.04 bits per heavy atom. The number of anilines is 2. The summed E-state index contributed by atoms with van der Waals surface area (Å²) in [7, 11) is 0. The first kappa shape index (κ1) is 19.5. The molecule has 146 valence electrons. The summed E-state index contributed by atoms with van der Waals surface area (Å²) < 4.78 is 0. The number of aromatic carboxylic acids is 1. The SMILES string of the molecule is CCCCNc1ncc(-c2ncc(C(=O)O)s2)c(N[C@H]2CC[C@H](O)CC2)n1. The lowest BCUT2D eigenvalue weighted by molar-refractivity contribution is 0.0702. The zero-order valence-electron chi connectivity index (χ0n) is 15.3. The van der Waals surface area contributed by atoms with E-state index >= 15 is 0 Å². The van der Waals surface area contributed by atoms with E-state index in [1.54, 1.807) is 6.20 Å². The monoisotopic (exact) mass is 391 g/mol. The van der Waals surface area contributed by atoms with E-state index in [1.165, 1.54) is 6.20 Å². The number of nitrogens with one attached hydrogen (secondary N) is 2. The second-order valence-corrected chi connectivity index (χ2v) is 7.75. The Morgan fingerprint density at radius 1 is 1.26 bits per heavy atom. The van der Waals surface area contributed by atoms with Crippen molar-refractivity contribution < 1.29 is 15.0 Å². The summed E-state index contributed by atoms with van der Waals surface area (Å²) >= 11 is 1.11. The number of aliphatic hydroxyl groups excluding tert-OH is 1. The molecule has 0 aromatic carbocycles. The van der Waals surface area contributed by atoms with Crippen LogP contribution in [-0.4, -0.2) is 49.8 Å². The van der Waals surface area contributed by atoms with Crippen molar-refractivity contribution in [1.82, 2.24) is 15.0 Å². The molecule has 0 bridgehead atoms. The fourth-order valence-electron chi connectivity index (χ4n) is 3.02.